The normalized spacial score (nSPS) is 23.9. The number of nitrogens with one attached hydrogen (secondary N) is 1. The van der Waals surface area contributed by atoms with Crippen LogP contribution in [0.4, 0.5) is 5.69 Å². The molecular weight excluding hydrogens is 518 g/mol. The van der Waals surface area contributed by atoms with Gasteiger partial charge in [-0.15, -0.1) is 11.8 Å². The molecule has 4 rings (SSSR count). The molecule has 2 aromatic carbocycles. The van der Waals surface area contributed by atoms with Crippen molar-refractivity contribution >= 4 is 41.2 Å². The number of fused-ring (bicyclic) bond motifs is 1. The molecule has 0 saturated carbocycles. The molecule has 2 aromatic rings. The van der Waals surface area contributed by atoms with E-state index < -0.39 is 51.7 Å². The lowest BCUT2D eigenvalue weighted by molar-refractivity contribution is -0.384. The van der Waals surface area contributed by atoms with Crippen LogP contribution < -0.4 is 10.1 Å². The third-order valence-corrected chi connectivity index (χ3v) is 7.62. The number of thioether (sulfide) groups is 1. The monoisotopic (exact) mass is 543 g/mol. The second-order valence-electron chi connectivity index (χ2n) is 8.93. The summed E-state index contributed by atoms with van der Waals surface area (Å²) < 4.78 is 16.3. The number of carbonyl (C=O) groups excluding carboxylic acids is 4. The van der Waals surface area contributed by atoms with E-state index in [1.54, 1.807) is 31.2 Å². The number of ether oxygens (including phenoxy) is 3. The molecule has 2 fully saturated rings. The van der Waals surface area contributed by atoms with Gasteiger partial charge in [0.05, 0.1) is 4.92 Å². The Balaban J connectivity index is 1.43. The molecule has 200 valence electrons. The van der Waals surface area contributed by atoms with Crippen molar-refractivity contribution in [3.8, 4) is 5.75 Å². The van der Waals surface area contributed by atoms with E-state index in [1.807, 2.05) is 6.07 Å². The van der Waals surface area contributed by atoms with Gasteiger partial charge in [0, 0.05) is 24.8 Å². The van der Waals surface area contributed by atoms with Gasteiger partial charge in [0.1, 0.15) is 29.4 Å². The maximum atomic E-state index is 13.2. The third kappa shape index (κ3) is 5.72. The Kier molecular flexibility index (Phi) is 7.86. The van der Waals surface area contributed by atoms with Crippen molar-refractivity contribution in [3.05, 3.63) is 70.3 Å². The molecule has 0 bridgehead atoms. The number of rotatable bonds is 9. The third-order valence-electron chi connectivity index (χ3n) is 6.04. The van der Waals surface area contributed by atoms with Gasteiger partial charge in [0.25, 0.3) is 11.6 Å². The largest absolute Gasteiger partial charge is 0.484 e. The molecule has 2 aliphatic heterocycles. The van der Waals surface area contributed by atoms with Gasteiger partial charge in [0.15, 0.2) is 12.6 Å². The van der Waals surface area contributed by atoms with Crippen molar-refractivity contribution in [2.75, 3.05) is 12.4 Å². The summed E-state index contributed by atoms with van der Waals surface area (Å²) in [5, 5.41) is 12.9. The fourth-order valence-electron chi connectivity index (χ4n) is 4.30. The van der Waals surface area contributed by atoms with Crippen LogP contribution in [0.1, 0.15) is 19.4 Å². The standard InChI is InChI=1S/C25H25N3O9S/c1-15(29)37-25(2)14-38-23-20(26-19(30)13-35-18-6-4-3-5-7-18)22(31)27(23)21(25)24(32)36-12-16-8-10-17(11-9-16)28(33)34/h3-11,20-21,23H,12-14H2,1-2H3,(H,26,30)/t20?,21?,23-,25?/m0/s1. The molecule has 13 heteroatoms. The maximum absolute atomic E-state index is 13.2. The number of benzene rings is 2. The summed E-state index contributed by atoms with van der Waals surface area (Å²) in [7, 11) is 0. The molecule has 2 saturated heterocycles. The summed E-state index contributed by atoms with van der Waals surface area (Å²) in [6, 6.07) is 12.1. The summed E-state index contributed by atoms with van der Waals surface area (Å²) in [6.45, 7) is 2.24. The smallest absolute Gasteiger partial charge is 0.333 e. The molecule has 2 heterocycles. The second-order valence-corrected chi connectivity index (χ2v) is 10.0. The number of amides is 2. The highest BCUT2D eigenvalue weighted by molar-refractivity contribution is 8.00. The predicted molar refractivity (Wildman–Crippen MR) is 134 cm³/mol. The molecule has 4 atom stereocenters. The van der Waals surface area contributed by atoms with Crippen LogP contribution in [-0.2, 0) is 35.3 Å². The summed E-state index contributed by atoms with van der Waals surface area (Å²) >= 11 is 1.27. The number of β-lactam (4-membered cyclic amide) rings is 1. The highest BCUT2D eigenvalue weighted by Crippen LogP contribution is 2.44. The van der Waals surface area contributed by atoms with Crippen molar-refractivity contribution in [1.29, 1.82) is 0 Å². The zero-order valence-corrected chi connectivity index (χ0v) is 21.3. The lowest BCUT2D eigenvalue weighted by atomic mass is 9.90. The van der Waals surface area contributed by atoms with Gasteiger partial charge in [-0.3, -0.25) is 24.5 Å². The van der Waals surface area contributed by atoms with E-state index in [-0.39, 0.29) is 24.7 Å². The van der Waals surface area contributed by atoms with E-state index in [1.165, 1.54) is 47.9 Å². The first-order chi connectivity index (χ1) is 18.1. The van der Waals surface area contributed by atoms with E-state index in [9.17, 15) is 29.3 Å². The summed E-state index contributed by atoms with van der Waals surface area (Å²) in [5.41, 5.74) is -0.984. The van der Waals surface area contributed by atoms with Gasteiger partial charge < -0.3 is 24.4 Å². The number of nitrogens with zero attached hydrogens (tertiary/aromatic N) is 2. The highest BCUT2D eigenvalue weighted by Gasteiger charge is 2.63. The minimum absolute atomic E-state index is 0.108. The molecule has 1 N–H and O–H groups in total. The highest BCUT2D eigenvalue weighted by atomic mass is 32.2. The van der Waals surface area contributed by atoms with Crippen molar-refractivity contribution < 1.29 is 38.3 Å². The fourth-order valence-corrected chi connectivity index (χ4v) is 5.78. The van der Waals surface area contributed by atoms with Crippen molar-refractivity contribution in [1.82, 2.24) is 10.2 Å². The molecule has 38 heavy (non-hydrogen) atoms. The Morgan fingerprint density at radius 2 is 1.84 bits per heavy atom. The van der Waals surface area contributed by atoms with Gasteiger partial charge in [-0.05, 0) is 36.8 Å². The zero-order valence-electron chi connectivity index (χ0n) is 20.5. The number of nitro groups is 1. The number of nitro benzene ring substituents is 1. The zero-order chi connectivity index (χ0) is 27.4. The van der Waals surface area contributed by atoms with Gasteiger partial charge in [-0.2, -0.15) is 0 Å². The van der Waals surface area contributed by atoms with Gasteiger partial charge in [-0.1, -0.05) is 18.2 Å². The molecule has 0 radical (unpaired) electrons. The van der Waals surface area contributed by atoms with Crippen LogP contribution in [0.2, 0.25) is 0 Å². The molecular formula is C25H25N3O9S. The Morgan fingerprint density at radius 3 is 2.47 bits per heavy atom. The Hall–Kier alpha value is -4.13. The lowest BCUT2D eigenvalue weighted by Gasteiger charge is -2.56. The minimum atomic E-state index is -1.37. The first-order valence-electron chi connectivity index (χ1n) is 11.6. The van der Waals surface area contributed by atoms with E-state index >= 15 is 0 Å². The van der Waals surface area contributed by atoms with Crippen LogP contribution in [0.25, 0.3) is 0 Å². The van der Waals surface area contributed by atoms with Crippen molar-refractivity contribution in [3.63, 3.8) is 0 Å². The fraction of sp³-hybridized carbons (Fsp3) is 0.360. The number of carbonyl (C=O) groups is 4. The number of para-hydroxylation sites is 1. The molecule has 0 spiro atoms. The minimum Gasteiger partial charge on any atom is -0.484 e. The van der Waals surface area contributed by atoms with Crippen LogP contribution in [-0.4, -0.2) is 69.0 Å². The van der Waals surface area contributed by atoms with Crippen LogP contribution in [0.15, 0.2) is 54.6 Å². The quantitative estimate of drug-likeness (QED) is 0.214. The van der Waals surface area contributed by atoms with E-state index in [0.717, 1.165) is 0 Å². The Morgan fingerprint density at radius 1 is 1.16 bits per heavy atom. The molecule has 2 amide bonds. The average molecular weight is 544 g/mol. The van der Waals surface area contributed by atoms with Crippen LogP contribution in [0.3, 0.4) is 0 Å². The summed E-state index contributed by atoms with van der Waals surface area (Å²) in [4.78, 5) is 62.2. The topological polar surface area (TPSA) is 154 Å². The second kappa shape index (κ2) is 11.1. The lowest BCUT2D eigenvalue weighted by Crippen LogP contribution is -2.79. The molecule has 3 unspecified atom stereocenters. The SMILES string of the molecule is CC(=O)OC1(C)CS[C@H]2C(NC(=O)COc3ccccc3)C(=O)N2C1C(=O)OCc1ccc([N+](=O)[O-])cc1. The Bertz CT molecular complexity index is 1240. The van der Waals surface area contributed by atoms with E-state index in [4.69, 9.17) is 14.2 Å². The maximum Gasteiger partial charge on any atom is 0.333 e. The Labute approximate surface area is 221 Å². The van der Waals surface area contributed by atoms with Crippen LogP contribution in [0.5, 0.6) is 5.75 Å². The van der Waals surface area contributed by atoms with Gasteiger partial charge in [0.2, 0.25) is 5.91 Å². The van der Waals surface area contributed by atoms with Crippen molar-refractivity contribution in [2.24, 2.45) is 0 Å². The van der Waals surface area contributed by atoms with Crippen LogP contribution in [0, 0.1) is 10.1 Å². The predicted octanol–water partition coefficient (Wildman–Crippen LogP) is 1.81. The average Bonchev–Trinajstić information content (AvgIpc) is 2.89. The van der Waals surface area contributed by atoms with Gasteiger partial charge in [-0.25, -0.2) is 4.79 Å². The molecule has 12 nitrogen and oxygen atoms in total. The van der Waals surface area contributed by atoms with E-state index in [0.29, 0.717) is 11.3 Å². The molecule has 0 aromatic heterocycles. The first kappa shape index (κ1) is 26.9. The number of hydrogen-bond acceptors (Lipinski definition) is 10. The van der Waals surface area contributed by atoms with E-state index in [2.05, 4.69) is 5.32 Å². The summed E-state index contributed by atoms with van der Waals surface area (Å²) in [5.74, 6) is -1.78. The van der Waals surface area contributed by atoms with Crippen molar-refractivity contribution in [2.45, 2.75) is 43.5 Å². The number of non-ortho nitro benzene ring substituents is 1. The van der Waals surface area contributed by atoms with Crippen LogP contribution >= 0.6 is 11.8 Å². The van der Waals surface area contributed by atoms with Gasteiger partial charge >= 0.3 is 11.9 Å². The number of esters is 2. The molecule has 0 aliphatic carbocycles. The number of hydrogen-bond donors (Lipinski definition) is 1. The first-order valence-corrected chi connectivity index (χ1v) is 12.6. The molecule has 2 aliphatic rings. The summed E-state index contributed by atoms with van der Waals surface area (Å²) in [6.07, 6.45) is 0.